The largest absolute Gasteiger partial charge is 0.416 e. The lowest BCUT2D eigenvalue weighted by Crippen LogP contribution is -2.09. The lowest BCUT2D eigenvalue weighted by Gasteiger charge is -2.05. The molecule has 3 nitrogen and oxygen atoms in total. The average molecular weight is 245 g/mol. The first-order valence-electron chi connectivity index (χ1n) is 4.23. The van der Waals surface area contributed by atoms with Crippen molar-refractivity contribution in [3.05, 3.63) is 35.8 Å². The third-order valence-electron chi connectivity index (χ3n) is 2.04. The van der Waals surface area contributed by atoms with Crippen LogP contribution in [0, 0.1) is 0 Å². The molecule has 2 aromatic heterocycles. The minimum Gasteiger partial charge on any atom is -0.388 e. The minimum absolute atomic E-state index is 0.0530. The van der Waals surface area contributed by atoms with Crippen molar-refractivity contribution < 1.29 is 13.2 Å². The molecule has 2 rings (SSSR count). The second-order valence-corrected chi connectivity index (χ2v) is 3.61. The average Bonchev–Trinajstić information content (AvgIpc) is 2.58. The smallest absolute Gasteiger partial charge is 0.388 e. The van der Waals surface area contributed by atoms with Gasteiger partial charge in [0.2, 0.25) is 0 Å². The van der Waals surface area contributed by atoms with E-state index in [0.29, 0.717) is 5.69 Å². The highest BCUT2D eigenvalue weighted by Gasteiger charge is 2.30. The molecule has 0 aliphatic rings. The first-order valence-corrected chi connectivity index (χ1v) is 4.64. The van der Waals surface area contributed by atoms with Crippen molar-refractivity contribution in [2.45, 2.75) is 6.18 Å². The highest BCUT2D eigenvalue weighted by Crippen LogP contribution is 2.29. The highest BCUT2D eigenvalue weighted by molar-refractivity contribution is 7.80. The van der Waals surface area contributed by atoms with E-state index in [1.54, 1.807) is 0 Å². The Morgan fingerprint density at radius 2 is 2.12 bits per heavy atom. The Labute approximate surface area is 93.7 Å². The molecule has 7 heteroatoms. The molecule has 16 heavy (non-hydrogen) atoms. The van der Waals surface area contributed by atoms with Gasteiger partial charge in [0.25, 0.3) is 0 Å². The van der Waals surface area contributed by atoms with Gasteiger partial charge in [-0.05, 0) is 12.1 Å². The van der Waals surface area contributed by atoms with E-state index in [0.717, 1.165) is 12.1 Å². The minimum atomic E-state index is -4.38. The molecule has 0 aliphatic heterocycles. The molecule has 0 amide bonds. The first-order chi connectivity index (χ1) is 7.38. The van der Waals surface area contributed by atoms with Crippen molar-refractivity contribution in [2.75, 3.05) is 0 Å². The molecule has 0 spiro atoms. The Morgan fingerprint density at radius 1 is 1.44 bits per heavy atom. The van der Waals surface area contributed by atoms with Crippen LogP contribution >= 0.6 is 12.2 Å². The zero-order valence-corrected chi connectivity index (χ0v) is 8.64. The van der Waals surface area contributed by atoms with E-state index < -0.39 is 11.7 Å². The zero-order valence-electron chi connectivity index (χ0n) is 7.82. The van der Waals surface area contributed by atoms with Gasteiger partial charge >= 0.3 is 6.18 Å². The van der Waals surface area contributed by atoms with Crippen molar-refractivity contribution in [1.82, 2.24) is 9.38 Å². The predicted molar refractivity (Wildman–Crippen MR) is 56.1 cm³/mol. The second-order valence-electron chi connectivity index (χ2n) is 3.17. The van der Waals surface area contributed by atoms with E-state index in [-0.39, 0.29) is 10.6 Å². The molecular formula is C9H6F3N3S. The summed E-state index contributed by atoms with van der Waals surface area (Å²) >= 11 is 4.69. The Kier molecular flexibility index (Phi) is 2.34. The van der Waals surface area contributed by atoms with E-state index in [1.807, 2.05) is 0 Å². The van der Waals surface area contributed by atoms with E-state index in [1.165, 1.54) is 16.8 Å². The molecule has 0 saturated carbocycles. The molecule has 2 N–H and O–H groups in total. The van der Waals surface area contributed by atoms with Crippen LogP contribution in [0.4, 0.5) is 13.2 Å². The van der Waals surface area contributed by atoms with Crippen LogP contribution in [-0.4, -0.2) is 14.4 Å². The predicted octanol–water partition coefficient (Wildman–Crippen LogP) is 1.99. The number of hydrogen-bond acceptors (Lipinski definition) is 2. The van der Waals surface area contributed by atoms with E-state index >= 15 is 0 Å². The standard InChI is InChI=1S/C9H6F3N3S/c10-9(11,12)5-1-2-15-4-6(8(13)16)14-7(15)3-5/h1-4H,(H2,13,16). The molecule has 0 aliphatic carbocycles. The Bertz CT molecular complexity index is 559. The topological polar surface area (TPSA) is 43.3 Å². The van der Waals surface area contributed by atoms with Crippen molar-refractivity contribution in [2.24, 2.45) is 5.73 Å². The summed E-state index contributed by atoms with van der Waals surface area (Å²) in [4.78, 5) is 3.94. The van der Waals surface area contributed by atoms with Crippen LogP contribution in [0.25, 0.3) is 5.65 Å². The first kappa shape index (κ1) is 10.9. The van der Waals surface area contributed by atoms with Gasteiger partial charge in [0.1, 0.15) is 16.3 Å². The zero-order chi connectivity index (χ0) is 11.9. The molecule has 0 bridgehead atoms. The third kappa shape index (κ3) is 1.85. The number of pyridine rings is 1. The molecule has 0 atom stereocenters. The van der Waals surface area contributed by atoms with Gasteiger partial charge in [-0.1, -0.05) is 12.2 Å². The number of imidazole rings is 1. The van der Waals surface area contributed by atoms with Gasteiger partial charge in [0.15, 0.2) is 0 Å². The molecule has 0 saturated heterocycles. The van der Waals surface area contributed by atoms with E-state index in [4.69, 9.17) is 5.73 Å². The quantitative estimate of drug-likeness (QED) is 0.781. The maximum Gasteiger partial charge on any atom is 0.416 e. The maximum atomic E-state index is 12.4. The van der Waals surface area contributed by atoms with Crippen LogP contribution in [0.5, 0.6) is 0 Å². The molecule has 2 heterocycles. The number of fused-ring (bicyclic) bond motifs is 1. The Morgan fingerprint density at radius 3 is 2.69 bits per heavy atom. The molecule has 0 fully saturated rings. The summed E-state index contributed by atoms with van der Waals surface area (Å²) < 4.78 is 38.6. The lowest BCUT2D eigenvalue weighted by molar-refractivity contribution is -0.137. The fourth-order valence-electron chi connectivity index (χ4n) is 1.28. The fourth-order valence-corrected chi connectivity index (χ4v) is 1.38. The summed E-state index contributed by atoms with van der Waals surface area (Å²) in [5, 5.41) is 0. The molecule has 84 valence electrons. The molecule has 2 aromatic rings. The number of thiocarbonyl (C=S) groups is 1. The van der Waals surface area contributed by atoms with Crippen molar-refractivity contribution in [3.8, 4) is 0 Å². The van der Waals surface area contributed by atoms with Gasteiger partial charge in [0, 0.05) is 12.4 Å². The number of aromatic nitrogens is 2. The van der Waals surface area contributed by atoms with Crippen LogP contribution in [0.2, 0.25) is 0 Å². The van der Waals surface area contributed by atoms with Gasteiger partial charge < -0.3 is 10.1 Å². The van der Waals surface area contributed by atoms with Crippen LogP contribution in [0.3, 0.4) is 0 Å². The number of nitrogens with zero attached hydrogens (tertiary/aromatic N) is 2. The molecule has 0 unspecified atom stereocenters. The third-order valence-corrected chi connectivity index (χ3v) is 2.25. The highest BCUT2D eigenvalue weighted by atomic mass is 32.1. The number of nitrogens with two attached hydrogens (primary N) is 1. The van der Waals surface area contributed by atoms with Crippen LogP contribution in [0.15, 0.2) is 24.5 Å². The number of rotatable bonds is 1. The van der Waals surface area contributed by atoms with Crippen molar-refractivity contribution in [3.63, 3.8) is 0 Å². The summed E-state index contributed by atoms with van der Waals surface area (Å²) in [6, 6.07) is 1.92. The van der Waals surface area contributed by atoms with Gasteiger partial charge in [0.05, 0.1) is 5.56 Å². The van der Waals surface area contributed by atoms with Crippen LogP contribution in [0.1, 0.15) is 11.3 Å². The summed E-state index contributed by atoms with van der Waals surface area (Å²) in [6.45, 7) is 0. The number of halogens is 3. The van der Waals surface area contributed by atoms with Gasteiger partial charge in [-0.2, -0.15) is 13.2 Å². The van der Waals surface area contributed by atoms with Crippen molar-refractivity contribution in [1.29, 1.82) is 0 Å². The maximum absolute atomic E-state index is 12.4. The monoisotopic (exact) mass is 245 g/mol. The SMILES string of the molecule is NC(=S)c1cn2ccc(C(F)(F)F)cc2n1. The Balaban J connectivity index is 2.58. The molecule has 0 radical (unpaired) electrons. The number of hydrogen-bond donors (Lipinski definition) is 1. The summed E-state index contributed by atoms with van der Waals surface area (Å²) in [5.74, 6) is 0. The fraction of sp³-hybridized carbons (Fsp3) is 0.111. The second kappa shape index (κ2) is 3.44. The Hall–Kier alpha value is -1.63. The van der Waals surface area contributed by atoms with Gasteiger partial charge in [-0.15, -0.1) is 0 Å². The summed E-state index contributed by atoms with van der Waals surface area (Å²) in [6.07, 6.45) is -1.62. The number of alkyl halides is 3. The lowest BCUT2D eigenvalue weighted by atomic mass is 10.2. The van der Waals surface area contributed by atoms with E-state index in [9.17, 15) is 13.2 Å². The summed E-state index contributed by atoms with van der Waals surface area (Å²) in [5.41, 5.74) is 5.05. The van der Waals surface area contributed by atoms with Crippen LogP contribution in [-0.2, 0) is 6.18 Å². The van der Waals surface area contributed by atoms with E-state index in [2.05, 4.69) is 17.2 Å². The normalized spacial score (nSPS) is 11.9. The van der Waals surface area contributed by atoms with Crippen molar-refractivity contribution >= 4 is 22.9 Å². The summed E-state index contributed by atoms with van der Waals surface area (Å²) in [7, 11) is 0. The van der Waals surface area contributed by atoms with Crippen LogP contribution < -0.4 is 5.73 Å². The van der Waals surface area contributed by atoms with Gasteiger partial charge in [-0.25, -0.2) is 4.98 Å². The molecular weight excluding hydrogens is 239 g/mol. The van der Waals surface area contributed by atoms with Gasteiger partial charge in [-0.3, -0.25) is 0 Å². The molecule has 0 aromatic carbocycles.